The Balaban J connectivity index is 1.51. The van der Waals surface area contributed by atoms with Crippen molar-refractivity contribution in [3.05, 3.63) is 0 Å². The lowest BCUT2D eigenvalue weighted by molar-refractivity contribution is -0.161. The van der Waals surface area contributed by atoms with Gasteiger partial charge in [0.15, 0.2) is 0 Å². The van der Waals surface area contributed by atoms with Crippen LogP contribution in [-0.4, -0.2) is 17.9 Å². The molecule has 0 saturated heterocycles. The zero-order valence-electron chi connectivity index (χ0n) is 16.2. The molecule has 4 aliphatic rings. The second-order valence-corrected chi connectivity index (χ2v) is 9.81. The van der Waals surface area contributed by atoms with E-state index in [0.717, 1.165) is 43.9 Å². The van der Waals surface area contributed by atoms with Gasteiger partial charge in [-0.15, -0.1) is 0 Å². The van der Waals surface area contributed by atoms with Crippen molar-refractivity contribution in [1.29, 1.82) is 0 Å². The lowest BCUT2D eigenvalue weighted by atomic mass is 9.45. The number of hydrogen-bond donors (Lipinski definition) is 0. The van der Waals surface area contributed by atoms with Crippen LogP contribution in [0.5, 0.6) is 0 Å². The minimum Gasteiger partial charge on any atom is -0.462 e. The highest BCUT2D eigenvalue weighted by molar-refractivity contribution is 5.87. The maximum Gasteiger partial charge on any atom is 0.305 e. The number of hydrogen-bond acceptors (Lipinski definition) is 3. The summed E-state index contributed by atoms with van der Waals surface area (Å²) in [6.07, 6.45) is 10.7. The van der Waals surface area contributed by atoms with Crippen LogP contribution < -0.4 is 0 Å². The van der Waals surface area contributed by atoms with Gasteiger partial charge in [-0.3, -0.25) is 9.59 Å². The van der Waals surface area contributed by atoms with E-state index in [2.05, 4.69) is 13.8 Å². The van der Waals surface area contributed by atoms with Crippen LogP contribution >= 0.6 is 0 Å². The van der Waals surface area contributed by atoms with E-state index in [9.17, 15) is 9.59 Å². The molecule has 140 valence electrons. The molecule has 3 heteroatoms. The normalized spacial score (nSPS) is 49.1. The third-order valence-corrected chi connectivity index (χ3v) is 8.91. The molecule has 4 fully saturated rings. The SMILES string of the molecule is CCC(=O)O[C@H]1CC[C@@]2(C)[C@@H](CC[C@@H]3[C@@H]2CC[C@]2(C)C(=O)CC[C@@H]32)C1. The lowest BCUT2D eigenvalue weighted by Crippen LogP contribution is -2.54. The summed E-state index contributed by atoms with van der Waals surface area (Å²) in [5, 5.41) is 0. The Hall–Kier alpha value is -0.860. The number of ether oxygens (including phenoxy) is 1. The van der Waals surface area contributed by atoms with Gasteiger partial charge < -0.3 is 4.74 Å². The van der Waals surface area contributed by atoms with Gasteiger partial charge in [-0.1, -0.05) is 20.8 Å². The summed E-state index contributed by atoms with van der Waals surface area (Å²) in [5.41, 5.74) is 0.378. The quantitative estimate of drug-likeness (QED) is 0.667. The number of Topliss-reactive ketones (excluding diaryl/α,β-unsaturated/α-hetero) is 1. The van der Waals surface area contributed by atoms with E-state index >= 15 is 0 Å². The molecule has 0 N–H and O–H groups in total. The third-order valence-electron chi connectivity index (χ3n) is 8.91. The third kappa shape index (κ3) is 2.59. The molecule has 4 aliphatic carbocycles. The van der Waals surface area contributed by atoms with E-state index in [0.29, 0.717) is 29.5 Å². The Bertz CT molecular complexity index is 570. The Kier molecular flexibility index (Phi) is 4.28. The predicted molar refractivity (Wildman–Crippen MR) is 96.9 cm³/mol. The van der Waals surface area contributed by atoms with E-state index in [4.69, 9.17) is 4.74 Å². The molecule has 7 atom stereocenters. The first kappa shape index (κ1) is 17.5. The van der Waals surface area contributed by atoms with Gasteiger partial charge >= 0.3 is 5.97 Å². The van der Waals surface area contributed by atoms with Crippen LogP contribution in [0.4, 0.5) is 0 Å². The van der Waals surface area contributed by atoms with E-state index in [-0.39, 0.29) is 17.5 Å². The van der Waals surface area contributed by atoms with Gasteiger partial charge in [0.2, 0.25) is 0 Å². The fourth-order valence-electron chi connectivity index (χ4n) is 7.37. The molecule has 0 aromatic carbocycles. The molecule has 0 unspecified atom stereocenters. The first-order chi connectivity index (χ1) is 11.9. The van der Waals surface area contributed by atoms with Gasteiger partial charge in [0.25, 0.3) is 0 Å². The minimum absolute atomic E-state index is 0.0157. The fraction of sp³-hybridized carbons (Fsp3) is 0.909. The van der Waals surface area contributed by atoms with Crippen molar-refractivity contribution in [3.8, 4) is 0 Å². The molecular formula is C22H34O3. The second kappa shape index (κ2) is 6.09. The molecule has 4 saturated carbocycles. The van der Waals surface area contributed by atoms with Crippen LogP contribution in [0.2, 0.25) is 0 Å². The maximum atomic E-state index is 12.5. The number of rotatable bonds is 2. The summed E-state index contributed by atoms with van der Waals surface area (Å²) >= 11 is 0. The molecule has 0 aromatic heterocycles. The van der Waals surface area contributed by atoms with E-state index in [1.807, 2.05) is 6.92 Å². The van der Waals surface area contributed by atoms with Gasteiger partial charge in [-0.05, 0) is 80.5 Å². The fourth-order valence-corrected chi connectivity index (χ4v) is 7.37. The van der Waals surface area contributed by atoms with Crippen LogP contribution in [0, 0.1) is 34.5 Å². The lowest BCUT2D eigenvalue weighted by Gasteiger charge is -2.60. The molecule has 0 bridgehead atoms. The van der Waals surface area contributed by atoms with Gasteiger partial charge in [-0.2, -0.15) is 0 Å². The molecule has 0 amide bonds. The van der Waals surface area contributed by atoms with Gasteiger partial charge in [0.05, 0.1) is 0 Å². The Morgan fingerprint density at radius 1 is 1.08 bits per heavy atom. The summed E-state index contributed by atoms with van der Waals surface area (Å²) in [7, 11) is 0. The van der Waals surface area contributed by atoms with Crippen molar-refractivity contribution < 1.29 is 14.3 Å². The van der Waals surface area contributed by atoms with Crippen LogP contribution in [0.1, 0.15) is 85.0 Å². The van der Waals surface area contributed by atoms with Crippen molar-refractivity contribution in [2.24, 2.45) is 34.5 Å². The Morgan fingerprint density at radius 3 is 2.64 bits per heavy atom. The molecule has 0 aromatic rings. The van der Waals surface area contributed by atoms with Crippen molar-refractivity contribution >= 4 is 11.8 Å². The van der Waals surface area contributed by atoms with Crippen LogP contribution in [0.25, 0.3) is 0 Å². The molecule has 4 rings (SSSR count). The molecule has 25 heavy (non-hydrogen) atoms. The molecule has 0 radical (unpaired) electrons. The van der Waals surface area contributed by atoms with Crippen molar-refractivity contribution in [1.82, 2.24) is 0 Å². The van der Waals surface area contributed by atoms with Crippen molar-refractivity contribution in [3.63, 3.8) is 0 Å². The summed E-state index contributed by atoms with van der Waals surface area (Å²) in [4.78, 5) is 24.2. The number of esters is 1. The minimum atomic E-state index is -0.0415. The number of carbonyl (C=O) groups excluding carboxylic acids is 2. The number of carbonyl (C=O) groups is 2. The topological polar surface area (TPSA) is 43.4 Å². The largest absolute Gasteiger partial charge is 0.462 e. The average molecular weight is 347 g/mol. The second-order valence-electron chi connectivity index (χ2n) is 9.81. The van der Waals surface area contributed by atoms with Gasteiger partial charge in [-0.25, -0.2) is 0 Å². The standard InChI is InChI=1S/C22H34O3/c1-4-20(24)25-15-9-11-21(2)14(13-15)5-6-16-17-7-8-19(23)22(17,3)12-10-18(16)21/h14-18H,4-13H2,1-3H3/t14-,15-,16-,17-,18-,21-,22-/m0/s1. The number of ketones is 1. The molecule has 0 heterocycles. The number of fused-ring (bicyclic) bond motifs is 5. The zero-order chi connectivity index (χ0) is 17.8. The Morgan fingerprint density at radius 2 is 1.88 bits per heavy atom. The molecular weight excluding hydrogens is 312 g/mol. The highest BCUT2D eigenvalue weighted by atomic mass is 16.5. The van der Waals surface area contributed by atoms with Crippen LogP contribution in [-0.2, 0) is 14.3 Å². The predicted octanol–water partition coefficient (Wildman–Crippen LogP) is 4.92. The van der Waals surface area contributed by atoms with E-state index in [1.54, 1.807) is 0 Å². The summed E-state index contributed by atoms with van der Waals surface area (Å²) in [6, 6.07) is 0. The molecule has 3 nitrogen and oxygen atoms in total. The molecule has 0 spiro atoms. The van der Waals surface area contributed by atoms with Crippen molar-refractivity contribution in [2.45, 2.75) is 91.1 Å². The average Bonchev–Trinajstić information content (AvgIpc) is 2.90. The van der Waals surface area contributed by atoms with E-state index < -0.39 is 0 Å². The summed E-state index contributed by atoms with van der Waals surface area (Å²) < 4.78 is 5.69. The Labute approximate surface area is 152 Å². The van der Waals surface area contributed by atoms with Crippen molar-refractivity contribution in [2.75, 3.05) is 0 Å². The summed E-state index contributed by atoms with van der Waals surface area (Å²) in [6.45, 7) is 6.66. The highest BCUT2D eigenvalue weighted by Crippen LogP contribution is 2.65. The van der Waals surface area contributed by atoms with Gasteiger partial charge in [0.1, 0.15) is 11.9 Å². The summed E-state index contributed by atoms with van der Waals surface area (Å²) in [5.74, 6) is 3.35. The molecule has 0 aliphatic heterocycles. The first-order valence-corrected chi connectivity index (χ1v) is 10.6. The maximum absolute atomic E-state index is 12.5. The van der Waals surface area contributed by atoms with E-state index in [1.165, 1.54) is 25.7 Å². The van der Waals surface area contributed by atoms with Crippen LogP contribution in [0.15, 0.2) is 0 Å². The zero-order valence-corrected chi connectivity index (χ0v) is 16.2. The highest BCUT2D eigenvalue weighted by Gasteiger charge is 2.60. The first-order valence-electron chi connectivity index (χ1n) is 10.6. The monoisotopic (exact) mass is 346 g/mol. The smallest absolute Gasteiger partial charge is 0.305 e. The van der Waals surface area contributed by atoms with Gasteiger partial charge in [0, 0.05) is 18.3 Å². The van der Waals surface area contributed by atoms with Crippen LogP contribution in [0.3, 0.4) is 0 Å².